The molecule has 1 N–H and O–H groups in total. The summed E-state index contributed by atoms with van der Waals surface area (Å²) < 4.78 is 0. The smallest absolute Gasteiger partial charge is 0.243 e. The molecule has 0 radical (unpaired) electrons. The molecule has 2 rings (SSSR count). The van der Waals surface area contributed by atoms with Crippen LogP contribution in [0.15, 0.2) is 42.5 Å². The molecule has 0 unspecified atom stereocenters. The molecule has 0 bridgehead atoms. The number of rotatable bonds is 7. The second-order valence-electron chi connectivity index (χ2n) is 8.49. The number of nitrogens with one attached hydrogen (secondary N) is 1. The van der Waals surface area contributed by atoms with Crippen molar-refractivity contribution in [1.82, 2.24) is 10.2 Å². The van der Waals surface area contributed by atoms with Gasteiger partial charge in [-0.3, -0.25) is 9.59 Å². The van der Waals surface area contributed by atoms with E-state index in [9.17, 15) is 9.59 Å². The van der Waals surface area contributed by atoms with Crippen LogP contribution in [-0.4, -0.2) is 28.3 Å². The van der Waals surface area contributed by atoms with Crippen molar-refractivity contribution in [2.24, 2.45) is 0 Å². The lowest BCUT2D eigenvalue weighted by molar-refractivity contribution is -0.141. The summed E-state index contributed by atoms with van der Waals surface area (Å²) in [6.45, 7) is 9.79. The molecule has 1 atom stereocenters. The topological polar surface area (TPSA) is 49.4 Å². The van der Waals surface area contributed by atoms with E-state index in [1.807, 2.05) is 58.9 Å². The van der Waals surface area contributed by atoms with Crippen molar-refractivity contribution >= 4 is 35.0 Å². The fraction of sp³-hybridized carbons (Fsp3) is 0.417. The van der Waals surface area contributed by atoms with Gasteiger partial charge in [-0.2, -0.15) is 0 Å². The van der Waals surface area contributed by atoms with Gasteiger partial charge in [0.05, 0.1) is 6.42 Å². The Kier molecular flexibility index (Phi) is 8.34. The van der Waals surface area contributed by atoms with Gasteiger partial charge in [0, 0.05) is 27.7 Å². The van der Waals surface area contributed by atoms with Gasteiger partial charge in [-0.15, -0.1) is 0 Å². The highest BCUT2D eigenvalue weighted by Crippen LogP contribution is 2.27. The fourth-order valence-corrected chi connectivity index (χ4v) is 3.82. The van der Waals surface area contributed by atoms with Gasteiger partial charge in [0.2, 0.25) is 11.8 Å². The normalized spacial score (nSPS) is 12.4. The first-order chi connectivity index (χ1) is 14.0. The van der Waals surface area contributed by atoms with Crippen LogP contribution in [0.5, 0.6) is 0 Å². The van der Waals surface area contributed by atoms with E-state index in [1.165, 1.54) is 0 Å². The Balaban J connectivity index is 2.41. The molecule has 2 aromatic carbocycles. The number of carbonyl (C=O) groups excluding carboxylic acids is 2. The van der Waals surface area contributed by atoms with Crippen LogP contribution in [0, 0.1) is 6.92 Å². The lowest BCUT2D eigenvalue weighted by Gasteiger charge is -2.33. The zero-order valence-corrected chi connectivity index (χ0v) is 19.8. The van der Waals surface area contributed by atoms with Crippen molar-refractivity contribution in [3.63, 3.8) is 0 Å². The van der Waals surface area contributed by atoms with Crippen molar-refractivity contribution in [2.75, 3.05) is 0 Å². The average molecular weight is 449 g/mol. The van der Waals surface area contributed by atoms with E-state index in [0.29, 0.717) is 22.0 Å². The Morgan fingerprint density at radius 2 is 1.63 bits per heavy atom. The van der Waals surface area contributed by atoms with E-state index in [1.54, 1.807) is 23.1 Å². The summed E-state index contributed by atoms with van der Waals surface area (Å²) in [6, 6.07) is 12.4. The molecule has 0 fully saturated rings. The third kappa shape index (κ3) is 6.48. The molecule has 0 aliphatic heterocycles. The first-order valence-corrected chi connectivity index (χ1v) is 10.9. The van der Waals surface area contributed by atoms with Gasteiger partial charge in [0.15, 0.2) is 0 Å². The Hall–Kier alpha value is -2.04. The predicted molar refractivity (Wildman–Crippen MR) is 124 cm³/mol. The first kappa shape index (κ1) is 24.2. The van der Waals surface area contributed by atoms with Crippen molar-refractivity contribution in [3.05, 3.63) is 69.2 Å². The van der Waals surface area contributed by atoms with E-state index < -0.39 is 11.6 Å². The van der Waals surface area contributed by atoms with Crippen LogP contribution < -0.4 is 5.32 Å². The van der Waals surface area contributed by atoms with Crippen LogP contribution in [-0.2, 0) is 22.6 Å². The Labute approximate surface area is 189 Å². The molecule has 0 saturated heterocycles. The van der Waals surface area contributed by atoms with Gasteiger partial charge in [-0.05, 0) is 57.4 Å². The summed E-state index contributed by atoms with van der Waals surface area (Å²) in [5, 5.41) is 3.95. The van der Waals surface area contributed by atoms with Crippen LogP contribution in [0.4, 0.5) is 0 Å². The Morgan fingerprint density at radius 3 is 2.17 bits per heavy atom. The minimum Gasteiger partial charge on any atom is -0.350 e. The summed E-state index contributed by atoms with van der Waals surface area (Å²) in [7, 11) is 0. The standard InChI is InChI=1S/C24H30Cl2N2O2/c1-6-21(23(30)27-24(3,4)5)28(15-18-19(25)12-9-13-20(18)26)22(29)14-17-11-8-7-10-16(17)2/h7-13,21H,6,14-15H2,1-5H3,(H,27,30)/t21-/m0/s1. The highest BCUT2D eigenvalue weighted by Gasteiger charge is 2.31. The lowest BCUT2D eigenvalue weighted by atomic mass is 10.0. The van der Waals surface area contributed by atoms with Gasteiger partial charge >= 0.3 is 0 Å². The molecule has 0 aliphatic rings. The van der Waals surface area contributed by atoms with Crippen molar-refractivity contribution < 1.29 is 9.59 Å². The lowest BCUT2D eigenvalue weighted by Crippen LogP contribution is -2.53. The Bertz CT molecular complexity index is 886. The van der Waals surface area contributed by atoms with Gasteiger partial charge < -0.3 is 10.2 Å². The third-order valence-electron chi connectivity index (χ3n) is 4.88. The molecule has 0 heterocycles. The molecule has 0 spiro atoms. The number of aryl methyl sites for hydroxylation is 1. The summed E-state index contributed by atoms with van der Waals surface area (Å²) in [5.41, 5.74) is 2.20. The zero-order chi connectivity index (χ0) is 22.5. The number of nitrogens with zero attached hydrogens (tertiary/aromatic N) is 1. The maximum absolute atomic E-state index is 13.4. The van der Waals surface area contributed by atoms with Crippen molar-refractivity contribution in [1.29, 1.82) is 0 Å². The van der Waals surface area contributed by atoms with Gasteiger partial charge in [0.25, 0.3) is 0 Å². The average Bonchev–Trinajstić information content (AvgIpc) is 2.64. The number of hydrogen-bond acceptors (Lipinski definition) is 2. The third-order valence-corrected chi connectivity index (χ3v) is 5.59. The van der Waals surface area contributed by atoms with E-state index in [-0.39, 0.29) is 24.8 Å². The molecule has 0 aromatic heterocycles. The molecule has 2 aromatic rings. The number of carbonyl (C=O) groups is 2. The van der Waals surface area contributed by atoms with Gasteiger partial charge in [0.1, 0.15) is 6.04 Å². The van der Waals surface area contributed by atoms with E-state index in [0.717, 1.165) is 11.1 Å². The maximum atomic E-state index is 13.4. The van der Waals surface area contributed by atoms with E-state index in [4.69, 9.17) is 23.2 Å². The SMILES string of the molecule is CC[C@@H](C(=O)NC(C)(C)C)N(Cc1c(Cl)cccc1Cl)C(=O)Cc1ccccc1C. The number of halogens is 2. The van der Waals surface area contributed by atoms with E-state index in [2.05, 4.69) is 5.32 Å². The summed E-state index contributed by atoms with van der Waals surface area (Å²) in [4.78, 5) is 28.1. The molecular formula is C24H30Cl2N2O2. The molecule has 0 aliphatic carbocycles. The van der Waals surface area contributed by atoms with Gasteiger partial charge in [-0.25, -0.2) is 0 Å². The number of amides is 2. The Morgan fingerprint density at radius 1 is 1.03 bits per heavy atom. The number of hydrogen-bond donors (Lipinski definition) is 1. The van der Waals surface area contributed by atoms with Crippen LogP contribution in [0.2, 0.25) is 10.0 Å². The highest BCUT2D eigenvalue weighted by molar-refractivity contribution is 6.36. The minimum absolute atomic E-state index is 0.142. The maximum Gasteiger partial charge on any atom is 0.243 e. The molecule has 30 heavy (non-hydrogen) atoms. The summed E-state index contributed by atoms with van der Waals surface area (Å²) in [5.74, 6) is -0.331. The minimum atomic E-state index is -0.631. The largest absolute Gasteiger partial charge is 0.350 e. The molecule has 4 nitrogen and oxygen atoms in total. The second-order valence-corrected chi connectivity index (χ2v) is 9.30. The monoisotopic (exact) mass is 448 g/mol. The number of benzene rings is 2. The van der Waals surface area contributed by atoms with Crippen LogP contribution >= 0.6 is 23.2 Å². The molecule has 0 saturated carbocycles. The van der Waals surface area contributed by atoms with Crippen LogP contribution in [0.1, 0.15) is 50.8 Å². The fourth-order valence-electron chi connectivity index (χ4n) is 3.30. The first-order valence-electron chi connectivity index (χ1n) is 10.1. The van der Waals surface area contributed by atoms with Gasteiger partial charge in [-0.1, -0.05) is 60.5 Å². The quantitative estimate of drug-likeness (QED) is 0.601. The molecule has 162 valence electrons. The predicted octanol–water partition coefficient (Wildman–Crippen LogP) is 5.57. The highest BCUT2D eigenvalue weighted by atomic mass is 35.5. The van der Waals surface area contributed by atoms with Crippen molar-refractivity contribution in [3.8, 4) is 0 Å². The zero-order valence-electron chi connectivity index (χ0n) is 18.3. The molecule has 2 amide bonds. The summed E-state index contributed by atoms with van der Waals surface area (Å²) in [6.07, 6.45) is 0.678. The molecular weight excluding hydrogens is 419 g/mol. The van der Waals surface area contributed by atoms with Crippen LogP contribution in [0.3, 0.4) is 0 Å². The van der Waals surface area contributed by atoms with Crippen molar-refractivity contribution in [2.45, 2.75) is 65.6 Å². The summed E-state index contributed by atoms with van der Waals surface area (Å²) >= 11 is 12.7. The van der Waals surface area contributed by atoms with Crippen LogP contribution in [0.25, 0.3) is 0 Å². The second kappa shape index (κ2) is 10.3. The molecule has 6 heteroatoms. The van der Waals surface area contributed by atoms with E-state index >= 15 is 0 Å².